The Morgan fingerprint density at radius 3 is 2.80 bits per heavy atom. The predicted octanol–water partition coefficient (Wildman–Crippen LogP) is 3.77. The minimum atomic E-state index is -0.190. The van der Waals surface area contributed by atoms with Crippen LogP contribution >= 0.6 is 0 Å². The van der Waals surface area contributed by atoms with Crippen molar-refractivity contribution in [2.24, 2.45) is 22.9 Å². The number of carbonyl (C=O) groups excluding carboxylic acids is 1. The molecule has 0 spiro atoms. The molecule has 0 bridgehead atoms. The average Bonchev–Trinajstić information content (AvgIpc) is 2.82. The number of rotatable bonds is 3. The highest BCUT2D eigenvalue weighted by atomic mass is 16.3. The number of nitrogens with zero attached hydrogens (tertiary/aromatic N) is 1. The fourth-order valence-corrected chi connectivity index (χ4v) is 2.89. The molecule has 1 aliphatic carbocycles. The summed E-state index contributed by atoms with van der Waals surface area (Å²) < 4.78 is 5.14. The van der Waals surface area contributed by atoms with Gasteiger partial charge in [-0.25, -0.2) is 5.43 Å². The lowest BCUT2D eigenvalue weighted by molar-refractivity contribution is 0.0952. The summed E-state index contributed by atoms with van der Waals surface area (Å²) in [6.45, 7) is 8.46. The summed E-state index contributed by atoms with van der Waals surface area (Å²) >= 11 is 0. The number of carbonyl (C=O) groups is 1. The zero-order valence-electron chi connectivity index (χ0n) is 12.8. The Bertz CT molecular complexity index is 502. The molecule has 0 unspecified atom stereocenters. The summed E-state index contributed by atoms with van der Waals surface area (Å²) in [4.78, 5) is 12.0. The fourth-order valence-electron chi connectivity index (χ4n) is 2.89. The Balaban J connectivity index is 2.08. The van der Waals surface area contributed by atoms with Crippen molar-refractivity contribution in [1.82, 2.24) is 5.43 Å². The number of furan rings is 1. The van der Waals surface area contributed by atoms with Gasteiger partial charge in [0.25, 0.3) is 5.91 Å². The molecule has 1 fully saturated rings. The summed E-state index contributed by atoms with van der Waals surface area (Å²) in [6.07, 6.45) is 4.92. The van der Waals surface area contributed by atoms with Crippen molar-refractivity contribution in [3.8, 4) is 0 Å². The third-order valence-corrected chi connectivity index (χ3v) is 4.17. The molecule has 1 aromatic rings. The first-order valence-electron chi connectivity index (χ1n) is 7.40. The van der Waals surface area contributed by atoms with Gasteiger partial charge < -0.3 is 4.42 Å². The molecule has 4 nitrogen and oxygen atoms in total. The van der Waals surface area contributed by atoms with E-state index in [4.69, 9.17) is 4.42 Å². The number of hydrogen-bond donors (Lipinski definition) is 1. The first-order valence-corrected chi connectivity index (χ1v) is 7.40. The Morgan fingerprint density at radius 2 is 2.20 bits per heavy atom. The molecule has 1 N–H and O–H groups in total. The van der Waals surface area contributed by atoms with Gasteiger partial charge in [-0.3, -0.25) is 4.79 Å². The number of amides is 1. The summed E-state index contributed by atoms with van der Waals surface area (Å²) in [5.41, 5.74) is 4.38. The van der Waals surface area contributed by atoms with E-state index in [9.17, 15) is 4.79 Å². The van der Waals surface area contributed by atoms with Crippen LogP contribution in [-0.4, -0.2) is 11.6 Å². The van der Waals surface area contributed by atoms with Crippen molar-refractivity contribution in [2.45, 2.75) is 47.0 Å². The van der Waals surface area contributed by atoms with Crippen LogP contribution in [0.2, 0.25) is 0 Å². The van der Waals surface area contributed by atoms with E-state index in [0.29, 0.717) is 29.1 Å². The van der Waals surface area contributed by atoms with Gasteiger partial charge in [0.15, 0.2) is 0 Å². The first kappa shape index (κ1) is 14.8. The summed E-state index contributed by atoms with van der Waals surface area (Å²) in [5, 5.41) is 4.41. The maximum absolute atomic E-state index is 12.0. The van der Waals surface area contributed by atoms with Crippen LogP contribution in [0.1, 0.15) is 56.2 Å². The molecule has 2 atom stereocenters. The van der Waals surface area contributed by atoms with E-state index in [-0.39, 0.29) is 5.91 Å². The van der Waals surface area contributed by atoms with Gasteiger partial charge in [-0.1, -0.05) is 20.8 Å². The molecule has 1 saturated carbocycles. The van der Waals surface area contributed by atoms with Crippen molar-refractivity contribution in [3.63, 3.8) is 0 Å². The van der Waals surface area contributed by atoms with Crippen molar-refractivity contribution in [2.75, 3.05) is 0 Å². The van der Waals surface area contributed by atoms with Gasteiger partial charge in [0.05, 0.1) is 11.8 Å². The molecule has 1 heterocycles. The minimum absolute atomic E-state index is 0.190. The molecule has 0 saturated heterocycles. The van der Waals surface area contributed by atoms with Gasteiger partial charge in [0, 0.05) is 11.6 Å². The van der Waals surface area contributed by atoms with Crippen LogP contribution in [0, 0.1) is 24.7 Å². The maximum Gasteiger partial charge on any atom is 0.274 e. The molecule has 4 heteroatoms. The van der Waals surface area contributed by atoms with Gasteiger partial charge in [-0.2, -0.15) is 5.10 Å². The highest BCUT2D eigenvalue weighted by Gasteiger charge is 2.27. The Morgan fingerprint density at radius 1 is 1.45 bits per heavy atom. The Labute approximate surface area is 120 Å². The number of nitrogens with one attached hydrogen (secondary N) is 1. The van der Waals surface area contributed by atoms with Crippen LogP contribution in [0.3, 0.4) is 0 Å². The molecule has 1 aliphatic rings. The molecule has 2 rings (SSSR count). The summed E-state index contributed by atoms with van der Waals surface area (Å²) in [7, 11) is 0. The quantitative estimate of drug-likeness (QED) is 0.854. The van der Waals surface area contributed by atoms with E-state index in [1.54, 1.807) is 13.0 Å². The van der Waals surface area contributed by atoms with Crippen LogP contribution in [0.5, 0.6) is 0 Å². The van der Waals surface area contributed by atoms with Gasteiger partial charge in [-0.05, 0) is 44.1 Å². The van der Waals surface area contributed by atoms with E-state index in [0.717, 1.165) is 18.6 Å². The zero-order valence-corrected chi connectivity index (χ0v) is 12.8. The monoisotopic (exact) mass is 276 g/mol. The third-order valence-electron chi connectivity index (χ3n) is 4.17. The maximum atomic E-state index is 12.0. The van der Waals surface area contributed by atoms with E-state index < -0.39 is 0 Å². The second-order valence-corrected chi connectivity index (χ2v) is 6.17. The lowest BCUT2D eigenvalue weighted by Gasteiger charge is -2.30. The van der Waals surface area contributed by atoms with Gasteiger partial charge >= 0.3 is 0 Å². The van der Waals surface area contributed by atoms with Gasteiger partial charge in [0.1, 0.15) is 5.76 Å². The molecule has 1 aromatic heterocycles. The lowest BCUT2D eigenvalue weighted by atomic mass is 9.76. The molecule has 0 aliphatic heterocycles. The number of hydrazone groups is 1. The molecule has 0 aromatic carbocycles. The van der Waals surface area contributed by atoms with Crippen molar-refractivity contribution < 1.29 is 9.21 Å². The van der Waals surface area contributed by atoms with E-state index in [1.165, 1.54) is 12.7 Å². The van der Waals surface area contributed by atoms with Crippen LogP contribution in [0.25, 0.3) is 0 Å². The van der Waals surface area contributed by atoms with E-state index in [2.05, 4.69) is 31.3 Å². The molecule has 110 valence electrons. The van der Waals surface area contributed by atoms with E-state index in [1.807, 2.05) is 0 Å². The topological polar surface area (TPSA) is 54.6 Å². The van der Waals surface area contributed by atoms with Crippen molar-refractivity contribution in [3.05, 3.63) is 23.7 Å². The van der Waals surface area contributed by atoms with Crippen molar-refractivity contribution in [1.29, 1.82) is 0 Å². The Kier molecular flexibility index (Phi) is 4.63. The van der Waals surface area contributed by atoms with Crippen LogP contribution in [-0.2, 0) is 0 Å². The smallest absolute Gasteiger partial charge is 0.274 e. The third kappa shape index (κ3) is 3.30. The number of aryl methyl sites for hydroxylation is 1. The van der Waals surface area contributed by atoms with E-state index >= 15 is 0 Å². The van der Waals surface area contributed by atoms with Gasteiger partial charge in [0.2, 0.25) is 0 Å². The summed E-state index contributed by atoms with van der Waals surface area (Å²) in [5.74, 6) is 2.13. The average molecular weight is 276 g/mol. The normalized spacial score (nSPS) is 25.1. The highest BCUT2D eigenvalue weighted by Crippen LogP contribution is 2.31. The second-order valence-electron chi connectivity index (χ2n) is 6.17. The Hall–Kier alpha value is -1.58. The molecular formula is C16H24N2O2. The fraction of sp³-hybridized carbons (Fsp3) is 0.625. The highest BCUT2D eigenvalue weighted by molar-refractivity contribution is 5.96. The second kappa shape index (κ2) is 6.25. The lowest BCUT2D eigenvalue weighted by Crippen LogP contribution is -2.31. The van der Waals surface area contributed by atoms with Crippen LogP contribution < -0.4 is 5.43 Å². The first-order chi connectivity index (χ1) is 9.49. The predicted molar refractivity (Wildman–Crippen MR) is 79.7 cm³/mol. The molecule has 20 heavy (non-hydrogen) atoms. The molecular weight excluding hydrogens is 252 g/mol. The largest absolute Gasteiger partial charge is 0.469 e. The van der Waals surface area contributed by atoms with Crippen LogP contribution in [0.4, 0.5) is 0 Å². The standard InChI is InChI=1S/C16H24N2O2/c1-10(2)13-6-5-11(3)9-15(13)17-18-16(19)14-7-8-20-12(14)4/h7-8,10-11,13H,5-6,9H2,1-4H3,(H,18,19)/t11-,13+/m0/s1. The SMILES string of the molecule is Cc1occc1C(=O)NN=C1C[C@@H](C)CC[C@@H]1C(C)C. The molecule has 0 radical (unpaired) electrons. The van der Waals surface area contributed by atoms with Gasteiger partial charge in [-0.15, -0.1) is 0 Å². The number of hydrogen-bond acceptors (Lipinski definition) is 3. The van der Waals surface area contributed by atoms with Crippen molar-refractivity contribution >= 4 is 11.6 Å². The molecule has 1 amide bonds. The summed E-state index contributed by atoms with van der Waals surface area (Å²) in [6, 6.07) is 1.67. The van der Waals surface area contributed by atoms with Crippen LogP contribution in [0.15, 0.2) is 21.8 Å². The zero-order chi connectivity index (χ0) is 14.7. The minimum Gasteiger partial charge on any atom is -0.469 e.